The van der Waals surface area contributed by atoms with Crippen molar-refractivity contribution in [1.82, 2.24) is 0 Å². The van der Waals surface area contributed by atoms with E-state index in [2.05, 4.69) is 0 Å². The summed E-state index contributed by atoms with van der Waals surface area (Å²) in [6, 6.07) is 10.1. The Morgan fingerprint density at radius 1 is 1.22 bits per heavy atom. The Balaban J connectivity index is 2.56. The number of ketones is 1. The SMILES string of the molecule is CC(=O)c1ccc(-c2cccc(F)c2C)cc1Cl. The number of hydrogen-bond acceptors (Lipinski definition) is 1. The van der Waals surface area contributed by atoms with Crippen LogP contribution < -0.4 is 0 Å². The lowest BCUT2D eigenvalue weighted by Gasteiger charge is -2.08. The number of halogens is 2. The lowest BCUT2D eigenvalue weighted by atomic mass is 9.98. The predicted molar refractivity (Wildman–Crippen MR) is 71.6 cm³/mol. The molecule has 0 saturated heterocycles. The van der Waals surface area contributed by atoms with Crippen LogP contribution in [0.3, 0.4) is 0 Å². The zero-order chi connectivity index (χ0) is 13.3. The summed E-state index contributed by atoms with van der Waals surface area (Å²) < 4.78 is 13.5. The first-order chi connectivity index (χ1) is 8.50. The molecule has 0 aromatic heterocycles. The van der Waals surface area contributed by atoms with Crippen LogP contribution in [0.2, 0.25) is 5.02 Å². The van der Waals surface area contributed by atoms with Gasteiger partial charge in [-0.05, 0) is 48.7 Å². The van der Waals surface area contributed by atoms with Crippen molar-refractivity contribution in [1.29, 1.82) is 0 Å². The fraction of sp³-hybridized carbons (Fsp3) is 0.133. The minimum Gasteiger partial charge on any atom is -0.294 e. The summed E-state index contributed by atoms with van der Waals surface area (Å²) in [5, 5.41) is 0.392. The molecule has 0 radical (unpaired) electrons. The van der Waals surface area contributed by atoms with E-state index in [9.17, 15) is 9.18 Å². The molecular formula is C15H12ClFO. The standard InChI is InChI=1S/C15H12ClFO/c1-9-12(4-3-5-15(9)17)11-6-7-13(10(2)18)14(16)8-11/h3-8H,1-2H3. The lowest BCUT2D eigenvalue weighted by molar-refractivity contribution is 0.101. The molecule has 0 N–H and O–H groups in total. The van der Waals surface area contributed by atoms with E-state index in [4.69, 9.17) is 11.6 Å². The molecule has 0 aliphatic carbocycles. The third-order valence-corrected chi connectivity index (χ3v) is 3.24. The highest BCUT2D eigenvalue weighted by Crippen LogP contribution is 2.29. The maximum atomic E-state index is 13.5. The molecule has 0 aliphatic rings. The van der Waals surface area contributed by atoms with Crippen LogP contribution >= 0.6 is 11.6 Å². The van der Waals surface area contributed by atoms with Crippen LogP contribution in [-0.2, 0) is 0 Å². The van der Waals surface area contributed by atoms with E-state index in [0.717, 1.165) is 11.1 Å². The van der Waals surface area contributed by atoms with Gasteiger partial charge in [-0.1, -0.05) is 29.8 Å². The fourth-order valence-electron chi connectivity index (χ4n) is 1.89. The van der Waals surface area contributed by atoms with Crippen LogP contribution in [0.1, 0.15) is 22.8 Å². The molecule has 2 aromatic carbocycles. The molecule has 2 aromatic rings. The van der Waals surface area contributed by atoms with Gasteiger partial charge < -0.3 is 0 Å². The van der Waals surface area contributed by atoms with Crippen molar-refractivity contribution >= 4 is 17.4 Å². The third kappa shape index (κ3) is 2.29. The van der Waals surface area contributed by atoms with Crippen molar-refractivity contribution in [2.45, 2.75) is 13.8 Å². The number of carbonyl (C=O) groups excluding carboxylic acids is 1. The van der Waals surface area contributed by atoms with Crippen molar-refractivity contribution in [2.24, 2.45) is 0 Å². The Bertz CT molecular complexity index is 620. The number of rotatable bonds is 2. The lowest BCUT2D eigenvalue weighted by Crippen LogP contribution is -1.94. The van der Waals surface area contributed by atoms with E-state index in [1.165, 1.54) is 13.0 Å². The van der Waals surface area contributed by atoms with Crippen molar-refractivity contribution < 1.29 is 9.18 Å². The van der Waals surface area contributed by atoms with E-state index in [0.29, 0.717) is 16.1 Å². The van der Waals surface area contributed by atoms with Gasteiger partial charge in [0.1, 0.15) is 5.82 Å². The van der Waals surface area contributed by atoms with Crippen LogP contribution in [0.5, 0.6) is 0 Å². The second-order valence-electron chi connectivity index (χ2n) is 4.16. The van der Waals surface area contributed by atoms with Gasteiger partial charge in [0.05, 0.1) is 5.02 Å². The maximum Gasteiger partial charge on any atom is 0.161 e. The van der Waals surface area contributed by atoms with Crippen LogP contribution in [0.25, 0.3) is 11.1 Å². The molecule has 0 amide bonds. The van der Waals surface area contributed by atoms with E-state index in [1.54, 1.807) is 31.2 Å². The Labute approximate surface area is 110 Å². The quantitative estimate of drug-likeness (QED) is 0.720. The topological polar surface area (TPSA) is 17.1 Å². The third-order valence-electron chi connectivity index (χ3n) is 2.93. The largest absolute Gasteiger partial charge is 0.294 e. The molecule has 0 aliphatic heterocycles. The number of hydrogen-bond donors (Lipinski definition) is 0. The fourth-order valence-corrected chi connectivity index (χ4v) is 2.20. The van der Waals surface area contributed by atoms with Crippen LogP contribution in [0.4, 0.5) is 4.39 Å². The van der Waals surface area contributed by atoms with Gasteiger partial charge >= 0.3 is 0 Å². The monoisotopic (exact) mass is 262 g/mol. The molecule has 1 nitrogen and oxygen atoms in total. The average molecular weight is 263 g/mol. The smallest absolute Gasteiger partial charge is 0.161 e. The first kappa shape index (κ1) is 12.8. The molecule has 3 heteroatoms. The van der Waals surface area contributed by atoms with Crippen molar-refractivity contribution in [3.8, 4) is 11.1 Å². The van der Waals surface area contributed by atoms with Crippen LogP contribution in [0.15, 0.2) is 36.4 Å². The van der Waals surface area contributed by atoms with Gasteiger partial charge in [0.25, 0.3) is 0 Å². The zero-order valence-corrected chi connectivity index (χ0v) is 10.9. The highest BCUT2D eigenvalue weighted by Gasteiger charge is 2.10. The van der Waals surface area contributed by atoms with Gasteiger partial charge in [0.2, 0.25) is 0 Å². The van der Waals surface area contributed by atoms with Gasteiger partial charge in [0, 0.05) is 5.56 Å². The molecule has 0 spiro atoms. The molecule has 0 bridgehead atoms. The van der Waals surface area contributed by atoms with Crippen molar-refractivity contribution in [3.63, 3.8) is 0 Å². The van der Waals surface area contributed by atoms with E-state index in [1.807, 2.05) is 6.07 Å². The Hall–Kier alpha value is -1.67. The molecule has 92 valence electrons. The van der Waals surface area contributed by atoms with Crippen LogP contribution in [0, 0.1) is 12.7 Å². The Morgan fingerprint density at radius 3 is 2.56 bits per heavy atom. The number of carbonyl (C=O) groups is 1. The van der Waals surface area contributed by atoms with Crippen molar-refractivity contribution in [3.05, 3.63) is 58.4 Å². The van der Waals surface area contributed by atoms with Gasteiger partial charge in [-0.3, -0.25) is 4.79 Å². The first-order valence-electron chi connectivity index (χ1n) is 5.56. The van der Waals surface area contributed by atoms with Gasteiger partial charge in [-0.2, -0.15) is 0 Å². The highest BCUT2D eigenvalue weighted by molar-refractivity contribution is 6.34. The molecule has 2 rings (SSSR count). The summed E-state index contributed by atoms with van der Waals surface area (Å²) in [5.74, 6) is -0.332. The molecule has 0 fully saturated rings. The number of benzene rings is 2. The maximum absolute atomic E-state index is 13.5. The predicted octanol–water partition coefficient (Wildman–Crippen LogP) is 4.66. The van der Waals surface area contributed by atoms with Gasteiger partial charge in [0.15, 0.2) is 5.78 Å². The molecule has 0 heterocycles. The second-order valence-corrected chi connectivity index (χ2v) is 4.57. The highest BCUT2D eigenvalue weighted by atomic mass is 35.5. The average Bonchev–Trinajstić information content (AvgIpc) is 2.32. The molecule has 0 saturated carbocycles. The molecule has 18 heavy (non-hydrogen) atoms. The van der Waals surface area contributed by atoms with E-state index < -0.39 is 0 Å². The summed E-state index contributed by atoms with van der Waals surface area (Å²) in [5.41, 5.74) is 2.65. The molecular weight excluding hydrogens is 251 g/mol. The minimum absolute atomic E-state index is 0.0810. The molecule has 0 atom stereocenters. The van der Waals surface area contributed by atoms with Gasteiger partial charge in [-0.25, -0.2) is 4.39 Å². The first-order valence-corrected chi connectivity index (χ1v) is 5.94. The number of Topliss-reactive ketones (excluding diaryl/α,β-unsaturated/α-hetero) is 1. The normalized spacial score (nSPS) is 10.4. The Kier molecular flexibility index (Phi) is 3.48. The van der Waals surface area contributed by atoms with Crippen LogP contribution in [-0.4, -0.2) is 5.78 Å². The Morgan fingerprint density at radius 2 is 1.94 bits per heavy atom. The second kappa shape index (κ2) is 4.91. The summed E-state index contributed by atoms with van der Waals surface area (Å²) in [6.07, 6.45) is 0. The van der Waals surface area contributed by atoms with E-state index in [-0.39, 0.29) is 11.6 Å². The summed E-state index contributed by atoms with van der Waals surface area (Å²) in [6.45, 7) is 3.19. The van der Waals surface area contributed by atoms with E-state index >= 15 is 0 Å². The minimum atomic E-state index is -0.251. The summed E-state index contributed by atoms with van der Waals surface area (Å²) >= 11 is 6.05. The summed E-state index contributed by atoms with van der Waals surface area (Å²) in [4.78, 5) is 11.3. The zero-order valence-electron chi connectivity index (χ0n) is 10.1. The molecule has 0 unspecified atom stereocenters. The van der Waals surface area contributed by atoms with Gasteiger partial charge in [-0.15, -0.1) is 0 Å². The van der Waals surface area contributed by atoms with Crippen molar-refractivity contribution in [2.75, 3.05) is 0 Å². The summed E-state index contributed by atoms with van der Waals surface area (Å²) in [7, 11) is 0.